The summed E-state index contributed by atoms with van der Waals surface area (Å²) in [6, 6.07) is 8.04. The number of hydrogen-bond donors (Lipinski definition) is 3. The monoisotopic (exact) mass is 285 g/mol. The van der Waals surface area contributed by atoms with E-state index < -0.39 is 18.0 Å². The van der Waals surface area contributed by atoms with Crippen molar-refractivity contribution in [2.24, 2.45) is 11.5 Å². The predicted octanol–water partition coefficient (Wildman–Crippen LogP) is -1.71. The summed E-state index contributed by atoms with van der Waals surface area (Å²) in [6.45, 7) is 1.81. The van der Waals surface area contributed by atoms with Crippen LogP contribution in [0.5, 0.6) is 0 Å². The Morgan fingerprint density at radius 2 is 1.75 bits per heavy atom. The number of hydrogen-bond acceptors (Lipinski definition) is 3. The van der Waals surface area contributed by atoms with Crippen LogP contribution in [0.1, 0.15) is 18.9 Å². The zero-order valence-corrected chi connectivity index (χ0v) is 11.4. The Kier molecular flexibility index (Phi) is 10.1. The highest BCUT2D eigenvalue weighted by Crippen LogP contribution is 2.03. The van der Waals surface area contributed by atoms with Gasteiger partial charge in [0.05, 0.1) is 6.04 Å². The molecule has 114 valence electrons. The van der Waals surface area contributed by atoms with E-state index >= 15 is 0 Å². The van der Waals surface area contributed by atoms with Gasteiger partial charge in [0.25, 0.3) is 0 Å². The van der Waals surface area contributed by atoms with Crippen LogP contribution in [0.15, 0.2) is 30.3 Å². The number of nitrogens with two attached hydrogens (primary N) is 2. The normalized spacial score (nSPS) is 12.3. The van der Waals surface area contributed by atoms with E-state index in [0.29, 0.717) is 12.8 Å². The van der Waals surface area contributed by atoms with E-state index in [0.717, 1.165) is 5.56 Å². The van der Waals surface area contributed by atoms with Gasteiger partial charge in [0.1, 0.15) is 6.04 Å². The van der Waals surface area contributed by atoms with Crippen molar-refractivity contribution in [1.82, 2.24) is 5.32 Å². The number of carbonyl (C=O) groups is 2. The van der Waals surface area contributed by atoms with Gasteiger partial charge in [-0.05, 0) is 12.0 Å². The summed E-state index contributed by atoms with van der Waals surface area (Å²) in [7, 11) is 0. The molecule has 20 heavy (non-hydrogen) atoms. The molecule has 1 aromatic rings. The molecular formula is C13H23N3O4. The van der Waals surface area contributed by atoms with Crippen molar-refractivity contribution in [2.45, 2.75) is 31.8 Å². The number of rotatable bonds is 6. The molecule has 9 N–H and O–H groups in total. The summed E-state index contributed by atoms with van der Waals surface area (Å²) >= 11 is 0. The highest BCUT2D eigenvalue weighted by Gasteiger charge is 2.21. The number of amides is 2. The minimum atomic E-state index is -0.725. The highest BCUT2D eigenvalue weighted by atomic mass is 16.2. The Morgan fingerprint density at radius 3 is 2.20 bits per heavy atom. The molecule has 7 heteroatoms. The zero-order valence-electron chi connectivity index (χ0n) is 11.4. The number of carbonyl (C=O) groups excluding carboxylic acids is 2. The molecule has 0 bridgehead atoms. The molecule has 2 atom stereocenters. The lowest BCUT2D eigenvalue weighted by Crippen LogP contribution is -2.51. The first-order valence-electron chi connectivity index (χ1n) is 5.93. The van der Waals surface area contributed by atoms with Gasteiger partial charge in [-0.1, -0.05) is 37.3 Å². The second-order valence-electron chi connectivity index (χ2n) is 4.17. The third-order valence-electron chi connectivity index (χ3n) is 2.72. The van der Waals surface area contributed by atoms with Crippen LogP contribution in [0, 0.1) is 0 Å². The average Bonchev–Trinajstić information content (AvgIpc) is 2.37. The maximum absolute atomic E-state index is 11.6. The van der Waals surface area contributed by atoms with E-state index in [2.05, 4.69) is 5.32 Å². The van der Waals surface area contributed by atoms with E-state index in [1.165, 1.54) is 0 Å². The third-order valence-corrected chi connectivity index (χ3v) is 2.72. The maximum atomic E-state index is 11.6. The number of nitrogens with one attached hydrogen (secondary N) is 1. The molecule has 0 spiro atoms. The summed E-state index contributed by atoms with van der Waals surface area (Å²) in [5.41, 5.74) is 11.8. The third kappa shape index (κ3) is 6.28. The van der Waals surface area contributed by atoms with E-state index in [-0.39, 0.29) is 16.9 Å². The van der Waals surface area contributed by atoms with Crippen molar-refractivity contribution >= 4 is 11.8 Å². The molecule has 0 fully saturated rings. The summed E-state index contributed by atoms with van der Waals surface area (Å²) < 4.78 is 0. The fourth-order valence-electron chi connectivity index (χ4n) is 1.54. The lowest BCUT2D eigenvalue weighted by Gasteiger charge is -2.17. The Hall–Kier alpha value is -1.96. The van der Waals surface area contributed by atoms with Crippen molar-refractivity contribution in [1.29, 1.82) is 0 Å². The molecule has 1 rings (SSSR count). The molecule has 0 heterocycles. The summed E-state index contributed by atoms with van der Waals surface area (Å²) in [5, 5.41) is 2.58. The van der Waals surface area contributed by atoms with Gasteiger partial charge < -0.3 is 27.7 Å². The second kappa shape index (κ2) is 9.90. The Morgan fingerprint density at radius 1 is 1.20 bits per heavy atom. The maximum Gasteiger partial charge on any atom is 0.240 e. The number of primary amides is 1. The van der Waals surface area contributed by atoms with Crippen LogP contribution in [0.4, 0.5) is 0 Å². The molecular weight excluding hydrogens is 262 g/mol. The second-order valence-corrected chi connectivity index (χ2v) is 4.17. The first kappa shape index (κ1) is 20.4. The zero-order chi connectivity index (χ0) is 13.5. The van der Waals surface area contributed by atoms with Gasteiger partial charge in [-0.3, -0.25) is 9.59 Å². The molecule has 2 amide bonds. The minimum absolute atomic E-state index is 0. The van der Waals surface area contributed by atoms with Crippen LogP contribution in [-0.2, 0) is 16.0 Å². The lowest BCUT2D eigenvalue weighted by atomic mass is 10.0. The van der Waals surface area contributed by atoms with E-state index in [1.807, 2.05) is 30.3 Å². The standard InChI is InChI=1S/C13H19N3O2.2H2O/c1-2-10(14)13(18)16-11(12(15)17)8-9-6-4-3-5-7-9;;/h3-7,10-11H,2,8,14H2,1H3,(H2,15,17)(H,16,18);2*1H2/t10-,11-;;/m0../s1. The SMILES string of the molecule is CC[C@H](N)C(=O)N[C@@H](Cc1ccccc1)C(N)=O.O.O. The molecule has 1 aromatic carbocycles. The fourth-order valence-corrected chi connectivity index (χ4v) is 1.54. The lowest BCUT2D eigenvalue weighted by molar-refractivity contribution is -0.128. The Balaban J connectivity index is 0. The van der Waals surface area contributed by atoms with Gasteiger partial charge in [-0.15, -0.1) is 0 Å². The van der Waals surface area contributed by atoms with E-state index in [9.17, 15) is 9.59 Å². The smallest absolute Gasteiger partial charge is 0.240 e. The molecule has 0 aromatic heterocycles. The number of benzene rings is 1. The van der Waals surface area contributed by atoms with Gasteiger partial charge in [-0.25, -0.2) is 0 Å². The van der Waals surface area contributed by atoms with Gasteiger partial charge in [0.15, 0.2) is 0 Å². The molecule has 0 saturated carbocycles. The molecule has 7 nitrogen and oxygen atoms in total. The van der Waals surface area contributed by atoms with E-state index in [1.54, 1.807) is 6.92 Å². The van der Waals surface area contributed by atoms with Crippen molar-refractivity contribution in [3.05, 3.63) is 35.9 Å². The van der Waals surface area contributed by atoms with Crippen LogP contribution in [-0.4, -0.2) is 34.9 Å². The average molecular weight is 285 g/mol. The molecule has 0 aliphatic carbocycles. The van der Waals surface area contributed by atoms with Crippen molar-refractivity contribution in [2.75, 3.05) is 0 Å². The quantitative estimate of drug-likeness (QED) is 0.568. The van der Waals surface area contributed by atoms with Crippen molar-refractivity contribution in [3.63, 3.8) is 0 Å². The first-order chi connectivity index (χ1) is 8.54. The highest BCUT2D eigenvalue weighted by molar-refractivity contribution is 5.89. The van der Waals surface area contributed by atoms with Crippen LogP contribution < -0.4 is 16.8 Å². The molecule has 0 aliphatic rings. The Labute approximate surface area is 118 Å². The largest absolute Gasteiger partial charge is 0.412 e. The van der Waals surface area contributed by atoms with Gasteiger partial charge in [0.2, 0.25) is 11.8 Å². The predicted molar refractivity (Wildman–Crippen MR) is 76.8 cm³/mol. The van der Waals surface area contributed by atoms with E-state index in [4.69, 9.17) is 11.5 Å². The van der Waals surface area contributed by atoms with Gasteiger partial charge in [-0.2, -0.15) is 0 Å². The van der Waals surface area contributed by atoms with Crippen molar-refractivity contribution < 1.29 is 20.5 Å². The molecule has 0 unspecified atom stereocenters. The van der Waals surface area contributed by atoms with Crippen molar-refractivity contribution in [3.8, 4) is 0 Å². The van der Waals surface area contributed by atoms with Crippen LogP contribution >= 0.6 is 0 Å². The molecule has 0 radical (unpaired) electrons. The summed E-state index contributed by atoms with van der Waals surface area (Å²) in [5.74, 6) is -0.910. The van der Waals surface area contributed by atoms with Gasteiger partial charge >= 0.3 is 0 Å². The Bertz CT molecular complexity index is 411. The fraction of sp³-hybridized carbons (Fsp3) is 0.385. The van der Waals surface area contributed by atoms with Crippen LogP contribution in [0.2, 0.25) is 0 Å². The summed E-state index contributed by atoms with van der Waals surface area (Å²) in [6.07, 6.45) is 0.890. The van der Waals surface area contributed by atoms with Crippen LogP contribution in [0.3, 0.4) is 0 Å². The summed E-state index contributed by atoms with van der Waals surface area (Å²) in [4.78, 5) is 23.0. The molecule has 0 saturated heterocycles. The van der Waals surface area contributed by atoms with Gasteiger partial charge in [0, 0.05) is 6.42 Å². The molecule has 0 aliphatic heterocycles. The van der Waals surface area contributed by atoms with Crippen LogP contribution in [0.25, 0.3) is 0 Å². The minimum Gasteiger partial charge on any atom is -0.412 e. The first-order valence-corrected chi connectivity index (χ1v) is 5.93. The topological polar surface area (TPSA) is 161 Å².